The van der Waals surface area contributed by atoms with Crippen LogP contribution in [0.15, 0.2) is 51.4 Å². The Kier molecular flexibility index (Phi) is 6.94. The van der Waals surface area contributed by atoms with E-state index in [-0.39, 0.29) is 0 Å². The van der Waals surface area contributed by atoms with E-state index < -0.39 is 0 Å². The Bertz CT molecular complexity index is 507. The molecule has 0 saturated carbocycles. The van der Waals surface area contributed by atoms with E-state index >= 15 is 0 Å². The zero-order chi connectivity index (χ0) is 13.5. The lowest BCUT2D eigenvalue weighted by Crippen LogP contribution is -1.82. The molecule has 0 heterocycles. The van der Waals surface area contributed by atoms with E-state index in [1.165, 1.54) is 0 Å². The van der Waals surface area contributed by atoms with Gasteiger partial charge in [0.25, 0.3) is 0 Å². The minimum atomic E-state index is 0.476. The zero-order valence-electron chi connectivity index (χ0n) is 9.04. The number of hydrogen-bond acceptors (Lipinski definition) is 1. The van der Waals surface area contributed by atoms with Crippen molar-refractivity contribution in [1.82, 2.24) is 0 Å². The summed E-state index contributed by atoms with van der Waals surface area (Å²) in [5, 5.41) is 1.24. The molecule has 18 heavy (non-hydrogen) atoms. The highest BCUT2D eigenvalue weighted by molar-refractivity contribution is 9.10. The second-order valence-electron chi connectivity index (χ2n) is 3.19. The third-order valence-electron chi connectivity index (χ3n) is 1.90. The van der Waals surface area contributed by atoms with E-state index in [2.05, 4.69) is 31.9 Å². The van der Waals surface area contributed by atoms with E-state index in [0.29, 0.717) is 10.6 Å². The van der Waals surface area contributed by atoms with Gasteiger partial charge in [0.2, 0.25) is 0 Å². The summed E-state index contributed by atoms with van der Waals surface area (Å²) in [6.07, 6.45) is 0.729. The van der Waals surface area contributed by atoms with Gasteiger partial charge < -0.3 is 0 Å². The van der Waals surface area contributed by atoms with Crippen LogP contribution >= 0.6 is 55.1 Å². The largest absolute Gasteiger partial charge is 0.298 e. The molecule has 2 aromatic rings. The first-order valence-corrected chi connectivity index (χ1v) is 7.19. The summed E-state index contributed by atoms with van der Waals surface area (Å²) in [4.78, 5) is 10.3. The van der Waals surface area contributed by atoms with Crippen molar-refractivity contribution in [3.05, 3.63) is 67.0 Å². The maximum atomic E-state index is 10.3. The van der Waals surface area contributed by atoms with E-state index in [1.54, 1.807) is 18.2 Å². The fourth-order valence-electron chi connectivity index (χ4n) is 1.08. The zero-order valence-corrected chi connectivity index (χ0v) is 13.7. The third kappa shape index (κ3) is 5.11. The lowest BCUT2D eigenvalue weighted by atomic mass is 10.2. The Hall–Kier alpha value is -0.350. The second kappa shape index (κ2) is 7.95. The molecule has 0 aromatic heterocycles. The maximum absolute atomic E-state index is 10.3. The number of carbonyl (C=O) groups excluding carboxylic acids is 1. The van der Waals surface area contributed by atoms with Gasteiger partial charge in [0.1, 0.15) is 0 Å². The highest BCUT2D eigenvalue weighted by atomic mass is 79.9. The molecule has 0 unspecified atom stereocenters. The van der Waals surface area contributed by atoms with Crippen molar-refractivity contribution >= 4 is 61.3 Å². The van der Waals surface area contributed by atoms with Gasteiger partial charge in [-0.15, -0.1) is 0 Å². The van der Waals surface area contributed by atoms with Crippen LogP contribution in [0.1, 0.15) is 10.4 Å². The predicted octanol–water partition coefficient (Wildman–Crippen LogP) is 6.02. The highest BCUT2D eigenvalue weighted by Crippen LogP contribution is 2.22. The van der Waals surface area contributed by atoms with Gasteiger partial charge in [-0.1, -0.05) is 67.2 Å². The van der Waals surface area contributed by atoms with Crippen molar-refractivity contribution in [3.63, 3.8) is 0 Å². The first kappa shape index (κ1) is 15.7. The molecule has 5 heteroatoms. The summed E-state index contributed by atoms with van der Waals surface area (Å²) in [6, 6.07) is 12.7. The molecule has 0 radical (unpaired) electrons. The molecular weight excluding hydrogens is 403 g/mol. The van der Waals surface area contributed by atoms with E-state index in [1.807, 2.05) is 24.3 Å². The fraction of sp³-hybridized carbons (Fsp3) is 0. The molecule has 0 saturated heterocycles. The van der Waals surface area contributed by atoms with Gasteiger partial charge in [0.05, 0.1) is 5.02 Å². The molecule has 0 aliphatic carbocycles. The van der Waals surface area contributed by atoms with Gasteiger partial charge in [0.15, 0.2) is 6.29 Å². The number of hydrogen-bond donors (Lipinski definition) is 0. The summed E-state index contributed by atoms with van der Waals surface area (Å²) in [6.45, 7) is 0. The van der Waals surface area contributed by atoms with Crippen LogP contribution < -0.4 is 0 Å². The minimum Gasteiger partial charge on any atom is -0.298 e. The highest BCUT2D eigenvalue weighted by Gasteiger charge is 2.00. The summed E-state index contributed by atoms with van der Waals surface area (Å²) in [5.74, 6) is 0. The molecule has 0 spiro atoms. The van der Waals surface area contributed by atoms with Crippen LogP contribution in [0.4, 0.5) is 0 Å². The normalized spacial score (nSPS) is 9.33. The van der Waals surface area contributed by atoms with E-state index in [4.69, 9.17) is 23.2 Å². The Balaban J connectivity index is 0.000000184. The molecule has 0 aliphatic heterocycles. The lowest BCUT2D eigenvalue weighted by Gasteiger charge is -1.96. The Morgan fingerprint density at radius 3 is 2.06 bits per heavy atom. The van der Waals surface area contributed by atoms with Crippen LogP contribution in [0.5, 0.6) is 0 Å². The number of rotatable bonds is 1. The number of aldehydes is 1. The van der Waals surface area contributed by atoms with Gasteiger partial charge in [0, 0.05) is 19.5 Å². The summed E-state index contributed by atoms with van der Waals surface area (Å²) in [5.41, 5.74) is 0.504. The standard InChI is InChI=1S/C7H4BrClO.C6H4BrCl/c8-6-2-1-3-7(9)5(6)4-10;7-5-2-1-3-6(8)4-5/h1-4H;1-4H. The maximum Gasteiger partial charge on any atom is 0.152 e. The van der Waals surface area contributed by atoms with Crippen molar-refractivity contribution in [1.29, 1.82) is 0 Å². The van der Waals surface area contributed by atoms with Crippen LogP contribution in [0, 0.1) is 0 Å². The predicted molar refractivity (Wildman–Crippen MR) is 83.7 cm³/mol. The SMILES string of the molecule is Clc1cccc(Br)c1.O=Cc1c(Cl)cccc1Br. The van der Waals surface area contributed by atoms with Gasteiger partial charge in [-0.2, -0.15) is 0 Å². The van der Waals surface area contributed by atoms with Gasteiger partial charge in [-0.25, -0.2) is 0 Å². The molecule has 0 aliphatic rings. The average molecular weight is 411 g/mol. The molecule has 0 fully saturated rings. The third-order valence-corrected chi connectivity index (χ3v) is 3.65. The first-order valence-electron chi connectivity index (χ1n) is 4.85. The van der Waals surface area contributed by atoms with Crippen molar-refractivity contribution in [2.75, 3.05) is 0 Å². The van der Waals surface area contributed by atoms with Crippen LogP contribution in [-0.2, 0) is 0 Å². The fourth-order valence-corrected chi connectivity index (χ4v) is 2.60. The summed E-state index contributed by atoms with van der Waals surface area (Å²) < 4.78 is 1.75. The van der Waals surface area contributed by atoms with Crippen LogP contribution in [0.3, 0.4) is 0 Å². The Morgan fingerprint density at radius 1 is 1.00 bits per heavy atom. The van der Waals surface area contributed by atoms with E-state index in [0.717, 1.165) is 20.3 Å². The molecule has 2 rings (SSSR count). The number of halogens is 4. The van der Waals surface area contributed by atoms with Gasteiger partial charge >= 0.3 is 0 Å². The Morgan fingerprint density at radius 2 is 1.67 bits per heavy atom. The average Bonchev–Trinajstić information content (AvgIpc) is 2.29. The quantitative estimate of drug-likeness (QED) is 0.525. The molecule has 0 bridgehead atoms. The smallest absolute Gasteiger partial charge is 0.152 e. The summed E-state index contributed by atoms with van der Waals surface area (Å²) >= 11 is 17.8. The van der Waals surface area contributed by atoms with E-state index in [9.17, 15) is 4.79 Å². The van der Waals surface area contributed by atoms with Crippen LogP contribution in [0.2, 0.25) is 10.0 Å². The monoisotopic (exact) mass is 408 g/mol. The van der Waals surface area contributed by atoms with Crippen molar-refractivity contribution in [3.8, 4) is 0 Å². The first-order chi connectivity index (χ1) is 8.54. The molecule has 94 valence electrons. The molecule has 1 nitrogen and oxygen atoms in total. The second-order valence-corrected chi connectivity index (χ2v) is 5.81. The molecular formula is C13H8Br2Cl2O. The molecule has 0 atom stereocenters. The van der Waals surface area contributed by atoms with Crippen molar-refractivity contribution in [2.24, 2.45) is 0 Å². The topological polar surface area (TPSA) is 17.1 Å². The van der Waals surface area contributed by atoms with Crippen LogP contribution in [-0.4, -0.2) is 6.29 Å². The van der Waals surface area contributed by atoms with Gasteiger partial charge in [-0.05, 0) is 30.3 Å². The van der Waals surface area contributed by atoms with Crippen molar-refractivity contribution < 1.29 is 4.79 Å². The summed E-state index contributed by atoms with van der Waals surface area (Å²) in [7, 11) is 0. The van der Waals surface area contributed by atoms with Crippen LogP contribution in [0.25, 0.3) is 0 Å². The Labute approximate surface area is 132 Å². The lowest BCUT2D eigenvalue weighted by molar-refractivity contribution is 0.112. The van der Waals surface area contributed by atoms with Crippen molar-refractivity contribution in [2.45, 2.75) is 0 Å². The number of carbonyl (C=O) groups is 1. The molecule has 2 aromatic carbocycles. The van der Waals surface area contributed by atoms with Gasteiger partial charge in [-0.3, -0.25) is 4.79 Å². The minimum absolute atomic E-state index is 0.476. The number of benzene rings is 2. The molecule has 0 amide bonds. The molecule has 0 N–H and O–H groups in total.